The molecule has 222 valence electrons. The van der Waals surface area contributed by atoms with E-state index >= 15 is 0 Å². The molecular formula is C36H36O7. The molecule has 43 heavy (non-hydrogen) atoms. The van der Waals surface area contributed by atoms with Crippen molar-refractivity contribution in [2.24, 2.45) is 0 Å². The van der Waals surface area contributed by atoms with Gasteiger partial charge in [-0.05, 0) is 56.0 Å². The van der Waals surface area contributed by atoms with Gasteiger partial charge in [-0.3, -0.25) is 4.79 Å². The Kier molecular flexibility index (Phi) is 8.90. The van der Waals surface area contributed by atoms with E-state index in [1.807, 2.05) is 74.5 Å². The number of ketones is 1. The van der Waals surface area contributed by atoms with E-state index in [1.54, 1.807) is 38.5 Å². The lowest BCUT2D eigenvalue weighted by molar-refractivity contribution is 0.0829. The summed E-state index contributed by atoms with van der Waals surface area (Å²) >= 11 is 0. The van der Waals surface area contributed by atoms with Crippen LogP contribution in [0.3, 0.4) is 0 Å². The van der Waals surface area contributed by atoms with Crippen LogP contribution in [0.5, 0.6) is 34.5 Å². The highest BCUT2D eigenvalue weighted by Crippen LogP contribution is 2.45. The first-order valence-electron chi connectivity index (χ1n) is 14.2. The lowest BCUT2D eigenvalue weighted by Gasteiger charge is -2.33. The number of ether oxygens (including phenoxy) is 5. The van der Waals surface area contributed by atoms with E-state index in [9.17, 15) is 9.90 Å². The number of phenolic OH excluding ortho intramolecular Hbond substituents is 1. The molecule has 0 fully saturated rings. The highest BCUT2D eigenvalue weighted by atomic mass is 16.5. The zero-order valence-electron chi connectivity index (χ0n) is 24.9. The van der Waals surface area contributed by atoms with Crippen LogP contribution in [0.15, 0.2) is 84.9 Å². The van der Waals surface area contributed by atoms with Crippen LogP contribution in [-0.4, -0.2) is 30.7 Å². The second-order valence-corrected chi connectivity index (χ2v) is 10.9. The summed E-state index contributed by atoms with van der Waals surface area (Å²) in [7, 11) is 3.11. The summed E-state index contributed by atoms with van der Waals surface area (Å²) in [6.07, 6.45) is 4.31. The minimum atomic E-state index is -0.418. The fourth-order valence-electron chi connectivity index (χ4n) is 4.98. The van der Waals surface area contributed by atoms with E-state index in [1.165, 1.54) is 6.08 Å². The molecule has 1 aliphatic rings. The largest absolute Gasteiger partial charge is 0.507 e. The van der Waals surface area contributed by atoms with Crippen LogP contribution in [0.4, 0.5) is 0 Å². The van der Waals surface area contributed by atoms with Crippen LogP contribution >= 0.6 is 0 Å². The number of hydrogen-bond donors (Lipinski definition) is 1. The molecule has 7 nitrogen and oxygen atoms in total. The SMILES string of the molecule is COc1cc(OCc2ccccc2)c(OC)cc1/C=C/C(=O)c1c(OCc2ccccc2)cc2c(c1O)CCC(C)(C)O2. The molecule has 0 spiro atoms. The van der Waals surface area contributed by atoms with Crippen molar-refractivity contribution < 1.29 is 33.6 Å². The number of fused-ring (bicyclic) bond motifs is 1. The molecule has 4 aromatic carbocycles. The molecule has 0 unspecified atom stereocenters. The maximum atomic E-state index is 13.7. The van der Waals surface area contributed by atoms with Crippen molar-refractivity contribution in [2.45, 2.75) is 45.5 Å². The van der Waals surface area contributed by atoms with Crippen molar-refractivity contribution in [3.63, 3.8) is 0 Å². The molecule has 0 radical (unpaired) electrons. The average Bonchev–Trinajstić information content (AvgIpc) is 3.01. The maximum absolute atomic E-state index is 13.7. The number of rotatable bonds is 11. The van der Waals surface area contributed by atoms with E-state index in [0.717, 1.165) is 11.1 Å². The maximum Gasteiger partial charge on any atom is 0.193 e. The summed E-state index contributed by atoms with van der Waals surface area (Å²) in [5.74, 6) is 1.74. The van der Waals surface area contributed by atoms with Gasteiger partial charge in [0.1, 0.15) is 47.4 Å². The van der Waals surface area contributed by atoms with Crippen molar-refractivity contribution in [3.05, 3.63) is 113 Å². The summed E-state index contributed by atoms with van der Waals surface area (Å²) in [6, 6.07) is 24.6. The Balaban J connectivity index is 1.45. The van der Waals surface area contributed by atoms with Crippen LogP contribution in [0.1, 0.15) is 52.9 Å². The molecule has 1 heterocycles. The third-order valence-electron chi connectivity index (χ3n) is 7.34. The second-order valence-electron chi connectivity index (χ2n) is 10.9. The van der Waals surface area contributed by atoms with Crippen LogP contribution in [0.2, 0.25) is 0 Å². The zero-order valence-corrected chi connectivity index (χ0v) is 24.9. The lowest BCUT2D eigenvalue weighted by Crippen LogP contribution is -2.32. The van der Waals surface area contributed by atoms with Crippen molar-refractivity contribution >= 4 is 11.9 Å². The van der Waals surface area contributed by atoms with Gasteiger partial charge in [-0.1, -0.05) is 60.7 Å². The summed E-state index contributed by atoms with van der Waals surface area (Å²) < 4.78 is 29.5. The van der Waals surface area contributed by atoms with Crippen LogP contribution in [0, 0.1) is 0 Å². The lowest BCUT2D eigenvalue weighted by atomic mass is 9.91. The highest BCUT2D eigenvalue weighted by molar-refractivity contribution is 6.11. The van der Waals surface area contributed by atoms with Gasteiger partial charge in [0.05, 0.1) is 14.2 Å². The summed E-state index contributed by atoms with van der Waals surface area (Å²) in [6.45, 7) is 4.58. The van der Waals surface area contributed by atoms with Crippen LogP contribution in [-0.2, 0) is 19.6 Å². The average molecular weight is 581 g/mol. The molecule has 5 rings (SSSR count). The molecule has 0 aromatic heterocycles. The Labute approximate surface area is 252 Å². The quantitative estimate of drug-likeness (QED) is 0.145. The molecule has 1 N–H and O–H groups in total. The van der Waals surface area contributed by atoms with E-state index in [0.29, 0.717) is 53.6 Å². The van der Waals surface area contributed by atoms with Gasteiger partial charge < -0.3 is 28.8 Å². The third kappa shape index (κ3) is 6.95. The highest BCUT2D eigenvalue weighted by Gasteiger charge is 2.32. The number of phenols is 1. The molecule has 7 heteroatoms. The molecule has 0 atom stereocenters. The van der Waals surface area contributed by atoms with Crippen molar-refractivity contribution in [3.8, 4) is 34.5 Å². The van der Waals surface area contributed by atoms with Crippen LogP contribution < -0.4 is 23.7 Å². The first-order valence-corrected chi connectivity index (χ1v) is 14.2. The molecule has 0 saturated heterocycles. The topological polar surface area (TPSA) is 83.5 Å². The van der Waals surface area contributed by atoms with Gasteiger partial charge in [-0.15, -0.1) is 0 Å². The standard InChI is InChI=1S/C36H36O7/c1-36(2)18-17-27-30(43-36)21-33(42-23-25-13-9-6-10-14-25)34(35(27)38)28(37)16-15-26-19-31(40-4)32(20-29(26)39-3)41-22-24-11-7-5-8-12-24/h5-16,19-21,38H,17-18,22-23H2,1-4H3/b16-15+. The fraction of sp³-hybridized carbons (Fsp3) is 0.250. The number of aromatic hydroxyl groups is 1. The Morgan fingerprint density at radius 1 is 0.837 bits per heavy atom. The molecule has 0 bridgehead atoms. The number of carbonyl (C=O) groups excluding carboxylic acids is 1. The van der Waals surface area contributed by atoms with Gasteiger partial charge in [-0.25, -0.2) is 0 Å². The molecule has 1 aliphatic heterocycles. The summed E-state index contributed by atoms with van der Waals surface area (Å²) in [5, 5.41) is 11.3. The predicted molar refractivity (Wildman–Crippen MR) is 166 cm³/mol. The minimum absolute atomic E-state index is 0.0861. The van der Waals surface area contributed by atoms with Gasteiger partial charge in [0.15, 0.2) is 17.3 Å². The van der Waals surface area contributed by atoms with Crippen molar-refractivity contribution in [1.29, 1.82) is 0 Å². The van der Waals surface area contributed by atoms with E-state index < -0.39 is 11.4 Å². The van der Waals surface area contributed by atoms with E-state index in [2.05, 4.69) is 0 Å². The Morgan fingerprint density at radius 3 is 2.05 bits per heavy atom. The van der Waals surface area contributed by atoms with E-state index in [4.69, 9.17) is 23.7 Å². The number of allylic oxidation sites excluding steroid dienone is 1. The second kappa shape index (κ2) is 12.9. The van der Waals surface area contributed by atoms with Gasteiger partial charge in [0, 0.05) is 23.3 Å². The summed E-state index contributed by atoms with van der Waals surface area (Å²) in [4.78, 5) is 13.7. The minimum Gasteiger partial charge on any atom is -0.507 e. The number of carbonyl (C=O) groups is 1. The first kappa shape index (κ1) is 29.6. The van der Waals surface area contributed by atoms with E-state index in [-0.39, 0.29) is 23.7 Å². The van der Waals surface area contributed by atoms with Crippen molar-refractivity contribution in [2.75, 3.05) is 14.2 Å². The first-order chi connectivity index (χ1) is 20.8. The molecule has 0 saturated carbocycles. The van der Waals surface area contributed by atoms with Gasteiger partial charge in [-0.2, -0.15) is 0 Å². The monoisotopic (exact) mass is 580 g/mol. The molecule has 0 amide bonds. The van der Waals surface area contributed by atoms with Crippen LogP contribution in [0.25, 0.3) is 6.08 Å². The summed E-state index contributed by atoms with van der Waals surface area (Å²) in [5.41, 5.74) is 2.84. The van der Waals surface area contributed by atoms with Crippen molar-refractivity contribution in [1.82, 2.24) is 0 Å². The predicted octanol–water partition coefficient (Wildman–Crippen LogP) is 7.57. The van der Waals surface area contributed by atoms with Gasteiger partial charge >= 0.3 is 0 Å². The molecular weight excluding hydrogens is 544 g/mol. The number of methoxy groups -OCH3 is 2. The Morgan fingerprint density at radius 2 is 1.44 bits per heavy atom. The van der Waals surface area contributed by atoms with Gasteiger partial charge in [0.2, 0.25) is 0 Å². The molecule has 0 aliphatic carbocycles. The number of benzene rings is 4. The zero-order chi connectivity index (χ0) is 30.4. The normalized spacial score (nSPS) is 13.6. The number of hydrogen-bond acceptors (Lipinski definition) is 7. The Bertz CT molecular complexity index is 1610. The Hall–Kier alpha value is -4.91. The molecule has 4 aromatic rings. The third-order valence-corrected chi connectivity index (χ3v) is 7.34. The smallest absolute Gasteiger partial charge is 0.193 e. The fourth-order valence-corrected chi connectivity index (χ4v) is 4.98. The van der Waals surface area contributed by atoms with Gasteiger partial charge in [0.25, 0.3) is 0 Å².